The molecule has 7 nitrogen and oxygen atoms in total. The third-order valence-corrected chi connectivity index (χ3v) is 2.65. The summed E-state index contributed by atoms with van der Waals surface area (Å²) in [5, 5.41) is 32.6. The van der Waals surface area contributed by atoms with Crippen molar-refractivity contribution in [2.75, 3.05) is 16.8 Å². The Hall–Kier alpha value is -1.86. The first-order chi connectivity index (χ1) is 8.86. The molecule has 0 aliphatic rings. The fraction of sp³-hybridized carbons (Fsp3) is 0.500. The molecule has 0 fully saturated rings. The maximum atomic E-state index is 11.1. The maximum Gasteiger partial charge on any atom is 0.294 e. The Kier molecular flexibility index (Phi) is 5.08. The standard InChI is InChI=1S/C12H19N3O4/c1-4-14(9(3)17)11-6-5-10(13-8(2)16)7-12(11)15(18)19/h5-9,13,16-17H,4H2,1-3H3. The van der Waals surface area contributed by atoms with Crippen molar-refractivity contribution in [3.05, 3.63) is 28.3 Å². The van der Waals surface area contributed by atoms with Crippen LogP contribution >= 0.6 is 0 Å². The minimum atomic E-state index is -0.820. The van der Waals surface area contributed by atoms with Crippen molar-refractivity contribution >= 4 is 17.1 Å². The number of nitro benzene ring substituents is 1. The van der Waals surface area contributed by atoms with Gasteiger partial charge in [-0.15, -0.1) is 0 Å². The molecule has 0 bridgehead atoms. The van der Waals surface area contributed by atoms with Gasteiger partial charge in [0.2, 0.25) is 0 Å². The average Bonchev–Trinajstić information content (AvgIpc) is 2.30. The summed E-state index contributed by atoms with van der Waals surface area (Å²) in [4.78, 5) is 12.1. The molecule has 0 aliphatic carbocycles. The molecule has 0 aromatic heterocycles. The molecule has 0 saturated carbocycles. The summed E-state index contributed by atoms with van der Waals surface area (Å²) in [6.45, 7) is 5.32. The Morgan fingerprint density at radius 3 is 2.47 bits per heavy atom. The van der Waals surface area contributed by atoms with Gasteiger partial charge in [-0.1, -0.05) is 0 Å². The summed E-state index contributed by atoms with van der Waals surface area (Å²) in [6.07, 6.45) is -1.62. The Labute approximate surface area is 111 Å². The summed E-state index contributed by atoms with van der Waals surface area (Å²) in [5.74, 6) is 0. The van der Waals surface area contributed by atoms with Crippen LogP contribution in [0.2, 0.25) is 0 Å². The van der Waals surface area contributed by atoms with E-state index in [-0.39, 0.29) is 5.69 Å². The molecule has 19 heavy (non-hydrogen) atoms. The first-order valence-corrected chi connectivity index (χ1v) is 6.04. The molecule has 0 aliphatic heterocycles. The zero-order chi connectivity index (χ0) is 14.6. The molecule has 1 aromatic rings. The summed E-state index contributed by atoms with van der Waals surface area (Å²) in [5.41, 5.74) is 0.680. The lowest BCUT2D eigenvalue weighted by Gasteiger charge is -2.26. The minimum Gasteiger partial charge on any atom is -0.374 e. The van der Waals surface area contributed by atoms with Crippen LogP contribution in [0.4, 0.5) is 17.1 Å². The molecule has 1 rings (SSSR count). The number of hydrogen-bond donors (Lipinski definition) is 3. The topological polar surface area (TPSA) is 98.9 Å². The first kappa shape index (κ1) is 15.2. The van der Waals surface area contributed by atoms with Crippen LogP contribution in [0.25, 0.3) is 0 Å². The molecule has 0 spiro atoms. The van der Waals surface area contributed by atoms with Crippen molar-refractivity contribution < 1.29 is 15.1 Å². The van der Waals surface area contributed by atoms with E-state index < -0.39 is 17.4 Å². The minimum absolute atomic E-state index is 0.117. The van der Waals surface area contributed by atoms with E-state index in [9.17, 15) is 20.3 Å². The lowest BCUT2D eigenvalue weighted by Crippen LogP contribution is -2.33. The highest BCUT2D eigenvalue weighted by Gasteiger charge is 2.21. The summed E-state index contributed by atoms with van der Waals surface area (Å²) in [6, 6.07) is 4.52. The van der Waals surface area contributed by atoms with Crippen LogP contribution in [0.1, 0.15) is 20.8 Å². The Bertz CT molecular complexity index is 449. The molecule has 2 atom stereocenters. The number of nitro groups is 1. The van der Waals surface area contributed by atoms with Crippen LogP contribution in [-0.4, -0.2) is 34.1 Å². The van der Waals surface area contributed by atoms with Crippen LogP contribution in [0.5, 0.6) is 0 Å². The third-order valence-electron chi connectivity index (χ3n) is 2.65. The number of anilines is 2. The van der Waals surface area contributed by atoms with Crippen LogP contribution in [0.15, 0.2) is 18.2 Å². The normalized spacial score (nSPS) is 13.7. The lowest BCUT2D eigenvalue weighted by molar-refractivity contribution is -0.384. The highest BCUT2D eigenvalue weighted by Crippen LogP contribution is 2.32. The molecule has 1 aromatic carbocycles. The largest absolute Gasteiger partial charge is 0.374 e. The highest BCUT2D eigenvalue weighted by molar-refractivity contribution is 5.69. The Morgan fingerprint density at radius 2 is 2.05 bits per heavy atom. The van der Waals surface area contributed by atoms with Gasteiger partial charge >= 0.3 is 0 Å². The van der Waals surface area contributed by atoms with Gasteiger partial charge in [-0.3, -0.25) is 10.1 Å². The van der Waals surface area contributed by atoms with Gasteiger partial charge in [-0.05, 0) is 32.9 Å². The molecule has 106 valence electrons. The van der Waals surface area contributed by atoms with Crippen molar-refractivity contribution in [2.24, 2.45) is 0 Å². The van der Waals surface area contributed by atoms with Crippen LogP contribution in [0.3, 0.4) is 0 Å². The zero-order valence-electron chi connectivity index (χ0n) is 11.2. The SMILES string of the molecule is CCN(c1ccc(NC(C)O)cc1[N+](=O)[O-])C(C)O. The monoisotopic (exact) mass is 269 g/mol. The molecule has 0 saturated heterocycles. The maximum absolute atomic E-state index is 11.1. The van der Waals surface area contributed by atoms with E-state index in [0.717, 1.165) is 0 Å². The molecule has 0 amide bonds. The second kappa shape index (κ2) is 6.35. The van der Waals surface area contributed by atoms with E-state index in [2.05, 4.69) is 5.32 Å². The molecular formula is C12H19N3O4. The fourth-order valence-electron chi connectivity index (χ4n) is 1.88. The van der Waals surface area contributed by atoms with Gasteiger partial charge in [0, 0.05) is 18.3 Å². The van der Waals surface area contributed by atoms with Crippen LogP contribution in [-0.2, 0) is 0 Å². The number of nitrogens with one attached hydrogen (secondary N) is 1. The van der Waals surface area contributed by atoms with E-state index in [1.807, 2.05) is 0 Å². The highest BCUT2D eigenvalue weighted by atomic mass is 16.6. The molecule has 3 N–H and O–H groups in total. The number of rotatable bonds is 6. The number of aliphatic hydroxyl groups is 2. The van der Waals surface area contributed by atoms with Gasteiger partial charge in [-0.2, -0.15) is 0 Å². The smallest absolute Gasteiger partial charge is 0.294 e. The van der Waals surface area contributed by atoms with E-state index in [1.165, 1.54) is 17.9 Å². The number of benzene rings is 1. The van der Waals surface area contributed by atoms with E-state index in [1.54, 1.807) is 26.0 Å². The van der Waals surface area contributed by atoms with Crippen molar-refractivity contribution in [3.63, 3.8) is 0 Å². The van der Waals surface area contributed by atoms with Crippen molar-refractivity contribution in [1.29, 1.82) is 0 Å². The van der Waals surface area contributed by atoms with Crippen LogP contribution in [0, 0.1) is 10.1 Å². The average molecular weight is 269 g/mol. The van der Waals surface area contributed by atoms with Gasteiger partial charge < -0.3 is 20.4 Å². The molecule has 0 heterocycles. The van der Waals surface area contributed by atoms with Crippen molar-refractivity contribution in [3.8, 4) is 0 Å². The van der Waals surface area contributed by atoms with E-state index in [4.69, 9.17) is 0 Å². The predicted molar refractivity (Wildman–Crippen MR) is 73.1 cm³/mol. The van der Waals surface area contributed by atoms with Crippen molar-refractivity contribution in [2.45, 2.75) is 33.2 Å². The van der Waals surface area contributed by atoms with E-state index >= 15 is 0 Å². The van der Waals surface area contributed by atoms with Crippen molar-refractivity contribution in [1.82, 2.24) is 0 Å². The fourth-order valence-corrected chi connectivity index (χ4v) is 1.88. The Balaban J connectivity index is 3.21. The Morgan fingerprint density at radius 1 is 1.42 bits per heavy atom. The first-order valence-electron chi connectivity index (χ1n) is 6.04. The second-order valence-electron chi connectivity index (χ2n) is 4.20. The van der Waals surface area contributed by atoms with Gasteiger partial charge in [0.1, 0.15) is 18.1 Å². The van der Waals surface area contributed by atoms with Gasteiger partial charge in [0.15, 0.2) is 0 Å². The predicted octanol–water partition coefficient (Wildman–Crippen LogP) is 1.51. The number of aliphatic hydroxyl groups excluding tert-OH is 2. The number of nitrogens with zero attached hydrogens (tertiary/aromatic N) is 2. The summed E-state index contributed by atoms with van der Waals surface area (Å²) >= 11 is 0. The van der Waals surface area contributed by atoms with Gasteiger partial charge in [0.25, 0.3) is 5.69 Å². The molecule has 0 radical (unpaired) electrons. The second-order valence-corrected chi connectivity index (χ2v) is 4.20. The molecule has 7 heteroatoms. The third kappa shape index (κ3) is 3.80. The number of hydrogen-bond acceptors (Lipinski definition) is 6. The molecular weight excluding hydrogens is 250 g/mol. The zero-order valence-corrected chi connectivity index (χ0v) is 11.2. The summed E-state index contributed by atoms with van der Waals surface area (Å²) in [7, 11) is 0. The van der Waals surface area contributed by atoms with Gasteiger partial charge in [-0.25, -0.2) is 0 Å². The van der Waals surface area contributed by atoms with Gasteiger partial charge in [0.05, 0.1) is 4.92 Å². The van der Waals surface area contributed by atoms with E-state index in [0.29, 0.717) is 17.9 Å². The quantitative estimate of drug-likeness (QED) is 0.411. The van der Waals surface area contributed by atoms with Crippen LogP contribution < -0.4 is 10.2 Å². The lowest BCUT2D eigenvalue weighted by atomic mass is 10.2. The summed E-state index contributed by atoms with van der Waals surface area (Å²) < 4.78 is 0. The molecule has 2 unspecified atom stereocenters.